The number of hydrogen-bond acceptors (Lipinski definition) is 1. The second-order valence-corrected chi connectivity index (χ2v) is 6.05. The molecule has 4 aromatic rings. The fourth-order valence-electron chi connectivity index (χ4n) is 3.10. The Morgan fingerprint density at radius 3 is 2.15 bits per heavy atom. The molecule has 0 aromatic heterocycles. The number of rotatable bonds is 2. The molecule has 0 aliphatic rings. The molecular weight excluding hydrogens is 316 g/mol. The van der Waals surface area contributed by atoms with Crippen molar-refractivity contribution in [1.29, 1.82) is 0 Å². The Balaban J connectivity index is 1.79. The first kappa shape index (κ1) is 16.0. The third-order valence-electron chi connectivity index (χ3n) is 4.44. The van der Waals surface area contributed by atoms with Crippen LogP contribution in [0.4, 0.5) is 0 Å². The molecule has 1 heteroatoms. The maximum absolute atomic E-state index is 5.20. The van der Waals surface area contributed by atoms with Gasteiger partial charge >= 0.3 is 0 Å². The van der Waals surface area contributed by atoms with E-state index in [2.05, 4.69) is 72.5 Å². The van der Waals surface area contributed by atoms with Crippen molar-refractivity contribution in [3.8, 4) is 28.7 Å². The van der Waals surface area contributed by atoms with E-state index in [1.165, 1.54) is 16.3 Å². The minimum absolute atomic E-state index is 0.840. The lowest BCUT2D eigenvalue weighted by atomic mass is 9.95. The van der Waals surface area contributed by atoms with Gasteiger partial charge in [-0.2, -0.15) is 0 Å². The summed E-state index contributed by atoms with van der Waals surface area (Å²) in [6.45, 7) is 0. The normalized spacial score (nSPS) is 10.2. The van der Waals surface area contributed by atoms with Crippen LogP contribution in [-0.2, 0) is 0 Å². The van der Waals surface area contributed by atoms with Gasteiger partial charge in [0.15, 0.2) is 0 Å². The van der Waals surface area contributed by atoms with Gasteiger partial charge in [0.25, 0.3) is 0 Å². The summed E-state index contributed by atoms with van der Waals surface area (Å²) in [5, 5.41) is 2.48. The summed E-state index contributed by atoms with van der Waals surface area (Å²) in [4.78, 5) is 0. The van der Waals surface area contributed by atoms with Gasteiger partial charge in [0.2, 0.25) is 0 Å². The summed E-state index contributed by atoms with van der Waals surface area (Å²) in [6, 6.07) is 31.0. The van der Waals surface area contributed by atoms with Crippen molar-refractivity contribution in [2.24, 2.45) is 0 Å². The van der Waals surface area contributed by atoms with Crippen molar-refractivity contribution in [2.45, 2.75) is 0 Å². The Hall–Kier alpha value is -3.50. The third-order valence-corrected chi connectivity index (χ3v) is 4.44. The molecule has 0 saturated heterocycles. The molecule has 1 nitrogen and oxygen atoms in total. The Bertz CT molecular complexity index is 1110. The summed E-state index contributed by atoms with van der Waals surface area (Å²) in [7, 11) is 1.67. The average molecular weight is 334 g/mol. The summed E-state index contributed by atoms with van der Waals surface area (Å²) in [6.07, 6.45) is 0. The van der Waals surface area contributed by atoms with Gasteiger partial charge in [-0.15, -0.1) is 0 Å². The Morgan fingerprint density at radius 1 is 0.615 bits per heavy atom. The second kappa shape index (κ2) is 7.17. The van der Waals surface area contributed by atoms with Crippen LogP contribution in [-0.4, -0.2) is 7.11 Å². The van der Waals surface area contributed by atoms with E-state index in [1.54, 1.807) is 7.11 Å². The molecule has 0 aliphatic carbocycles. The second-order valence-electron chi connectivity index (χ2n) is 6.05. The largest absolute Gasteiger partial charge is 0.497 e. The van der Waals surface area contributed by atoms with E-state index >= 15 is 0 Å². The fraction of sp³-hybridized carbons (Fsp3) is 0.0400. The van der Waals surface area contributed by atoms with Gasteiger partial charge in [-0.25, -0.2) is 0 Å². The van der Waals surface area contributed by atoms with Crippen LogP contribution >= 0.6 is 0 Å². The highest BCUT2D eigenvalue weighted by molar-refractivity contribution is 5.97. The van der Waals surface area contributed by atoms with Crippen molar-refractivity contribution >= 4 is 10.8 Å². The molecule has 0 bridgehead atoms. The molecule has 4 rings (SSSR count). The number of benzene rings is 4. The Kier molecular flexibility index (Phi) is 4.41. The zero-order valence-electron chi connectivity index (χ0n) is 14.6. The molecule has 124 valence electrons. The summed E-state index contributed by atoms with van der Waals surface area (Å²) in [5.74, 6) is 7.44. The quantitative estimate of drug-likeness (QED) is 0.414. The van der Waals surface area contributed by atoms with Crippen LogP contribution in [0, 0.1) is 11.8 Å². The molecule has 0 aliphatic heterocycles. The van der Waals surface area contributed by atoms with Crippen LogP contribution in [0.5, 0.6) is 5.75 Å². The van der Waals surface area contributed by atoms with Crippen LogP contribution < -0.4 is 4.74 Å². The number of hydrogen-bond donors (Lipinski definition) is 0. The van der Waals surface area contributed by atoms with Gasteiger partial charge in [0.1, 0.15) is 5.75 Å². The van der Waals surface area contributed by atoms with E-state index < -0.39 is 0 Å². The predicted octanol–water partition coefficient (Wildman–Crippen LogP) is 5.92. The first-order valence-corrected chi connectivity index (χ1v) is 8.58. The van der Waals surface area contributed by atoms with E-state index in [0.717, 1.165) is 22.4 Å². The lowest BCUT2D eigenvalue weighted by Crippen LogP contribution is -1.86. The molecule has 0 saturated carbocycles. The Labute approximate surface area is 153 Å². The van der Waals surface area contributed by atoms with Crippen LogP contribution in [0.1, 0.15) is 11.1 Å². The fourth-order valence-corrected chi connectivity index (χ4v) is 3.10. The Morgan fingerprint density at radius 2 is 1.31 bits per heavy atom. The van der Waals surface area contributed by atoms with Gasteiger partial charge < -0.3 is 4.74 Å². The highest BCUT2D eigenvalue weighted by atomic mass is 16.5. The lowest BCUT2D eigenvalue weighted by Gasteiger charge is -2.09. The molecule has 0 spiro atoms. The third kappa shape index (κ3) is 3.18. The minimum atomic E-state index is 0.840. The molecule has 0 fully saturated rings. The molecular formula is C25H18O. The lowest BCUT2D eigenvalue weighted by molar-refractivity contribution is 0.415. The number of ether oxygens (including phenoxy) is 1. The summed E-state index contributed by atoms with van der Waals surface area (Å²) in [5.41, 5.74) is 4.37. The van der Waals surface area contributed by atoms with Gasteiger partial charge in [0, 0.05) is 11.1 Å². The SMILES string of the molecule is COc1ccc(C#Cc2ccccc2-c2cccc3ccccc23)cc1. The minimum Gasteiger partial charge on any atom is -0.497 e. The maximum Gasteiger partial charge on any atom is 0.118 e. The molecule has 0 unspecified atom stereocenters. The zero-order valence-corrected chi connectivity index (χ0v) is 14.6. The first-order valence-electron chi connectivity index (χ1n) is 8.58. The van der Waals surface area contributed by atoms with Gasteiger partial charge in [-0.05, 0) is 52.2 Å². The molecule has 4 aromatic carbocycles. The summed E-state index contributed by atoms with van der Waals surface area (Å²) < 4.78 is 5.20. The van der Waals surface area contributed by atoms with Gasteiger partial charge in [-0.1, -0.05) is 72.5 Å². The molecule has 0 N–H and O–H groups in total. The maximum atomic E-state index is 5.20. The highest BCUT2D eigenvalue weighted by Gasteiger charge is 2.06. The van der Waals surface area contributed by atoms with Crippen LogP contribution in [0.15, 0.2) is 91.0 Å². The smallest absolute Gasteiger partial charge is 0.118 e. The van der Waals surface area contributed by atoms with Crippen molar-refractivity contribution in [3.05, 3.63) is 102 Å². The monoisotopic (exact) mass is 334 g/mol. The van der Waals surface area contributed by atoms with E-state index in [4.69, 9.17) is 4.74 Å². The van der Waals surface area contributed by atoms with E-state index in [1.807, 2.05) is 30.3 Å². The molecule has 0 radical (unpaired) electrons. The molecule has 0 atom stereocenters. The molecule has 0 amide bonds. The van der Waals surface area contributed by atoms with Gasteiger partial charge in [0.05, 0.1) is 7.11 Å². The zero-order chi connectivity index (χ0) is 17.8. The highest BCUT2D eigenvalue weighted by Crippen LogP contribution is 2.30. The van der Waals surface area contributed by atoms with Gasteiger partial charge in [-0.3, -0.25) is 0 Å². The van der Waals surface area contributed by atoms with E-state index in [0.29, 0.717) is 0 Å². The van der Waals surface area contributed by atoms with Crippen LogP contribution in [0.25, 0.3) is 21.9 Å². The summed E-state index contributed by atoms with van der Waals surface area (Å²) >= 11 is 0. The first-order chi connectivity index (χ1) is 12.8. The van der Waals surface area contributed by atoms with Crippen LogP contribution in [0.3, 0.4) is 0 Å². The van der Waals surface area contributed by atoms with Crippen molar-refractivity contribution in [3.63, 3.8) is 0 Å². The van der Waals surface area contributed by atoms with E-state index in [-0.39, 0.29) is 0 Å². The molecule has 0 heterocycles. The number of fused-ring (bicyclic) bond motifs is 1. The topological polar surface area (TPSA) is 9.23 Å². The van der Waals surface area contributed by atoms with E-state index in [9.17, 15) is 0 Å². The standard InChI is InChI=1S/C25H18O/c1-26-22-17-14-19(15-18-22)13-16-21-8-3-5-11-24(21)25-12-6-9-20-7-2-4-10-23(20)25/h2-12,14-15,17-18H,1H3. The molecule has 26 heavy (non-hydrogen) atoms. The predicted molar refractivity (Wildman–Crippen MR) is 108 cm³/mol. The van der Waals surface area contributed by atoms with Crippen LogP contribution in [0.2, 0.25) is 0 Å². The van der Waals surface area contributed by atoms with Crippen molar-refractivity contribution < 1.29 is 4.74 Å². The van der Waals surface area contributed by atoms with Crippen molar-refractivity contribution in [1.82, 2.24) is 0 Å². The average Bonchev–Trinajstić information content (AvgIpc) is 2.72. The number of methoxy groups -OCH3 is 1. The van der Waals surface area contributed by atoms with Crippen molar-refractivity contribution in [2.75, 3.05) is 7.11 Å².